The van der Waals surface area contributed by atoms with E-state index in [1.54, 1.807) is 6.92 Å². The lowest BCUT2D eigenvalue weighted by Crippen LogP contribution is -2.38. The number of carbonyl (C=O) groups is 1. The van der Waals surface area contributed by atoms with Crippen molar-refractivity contribution in [1.29, 1.82) is 0 Å². The second-order valence-corrected chi connectivity index (χ2v) is 5.91. The van der Waals surface area contributed by atoms with E-state index in [2.05, 4.69) is 15.5 Å². The van der Waals surface area contributed by atoms with Crippen LogP contribution in [0.15, 0.2) is 41.2 Å². The first kappa shape index (κ1) is 17.1. The Balaban J connectivity index is 2.02. The van der Waals surface area contributed by atoms with E-state index >= 15 is 0 Å². The van der Waals surface area contributed by atoms with Gasteiger partial charge in [-0.15, -0.1) is 0 Å². The van der Waals surface area contributed by atoms with Crippen molar-refractivity contribution in [3.8, 4) is 0 Å². The van der Waals surface area contributed by atoms with Crippen molar-refractivity contribution in [3.63, 3.8) is 0 Å². The Labute approximate surface area is 136 Å². The minimum Gasteiger partial charge on any atom is -0.368 e. The largest absolute Gasteiger partial charge is 0.368 e. The summed E-state index contributed by atoms with van der Waals surface area (Å²) in [7, 11) is 0. The maximum atomic E-state index is 12.3. The Bertz CT molecular complexity index is 584. The molecule has 6 heteroatoms. The molecule has 2 rings (SSSR count). The van der Waals surface area contributed by atoms with E-state index in [9.17, 15) is 4.79 Å². The second-order valence-electron chi connectivity index (χ2n) is 5.91. The third-order valence-corrected chi connectivity index (χ3v) is 3.34. The summed E-state index contributed by atoms with van der Waals surface area (Å²) in [5.74, 6) is 0.650. The summed E-state index contributed by atoms with van der Waals surface area (Å²) >= 11 is 0. The van der Waals surface area contributed by atoms with Crippen molar-refractivity contribution in [2.75, 3.05) is 6.61 Å². The number of nitrogens with one attached hydrogen (secondary N) is 1. The van der Waals surface area contributed by atoms with Gasteiger partial charge in [-0.2, -0.15) is 4.98 Å². The van der Waals surface area contributed by atoms with Gasteiger partial charge >= 0.3 is 0 Å². The van der Waals surface area contributed by atoms with E-state index in [-0.39, 0.29) is 11.9 Å². The molecule has 0 fully saturated rings. The van der Waals surface area contributed by atoms with Crippen molar-refractivity contribution in [1.82, 2.24) is 15.5 Å². The maximum absolute atomic E-state index is 12.3. The Kier molecular flexibility index (Phi) is 6.29. The average Bonchev–Trinajstić information content (AvgIpc) is 3.07. The molecule has 2 aromatic rings. The van der Waals surface area contributed by atoms with Crippen LogP contribution < -0.4 is 5.32 Å². The van der Waals surface area contributed by atoms with Gasteiger partial charge in [-0.25, -0.2) is 0 Å². The minimum absolute atomic E-state index is 0.184. The maximum Gasteiger partial charge on any atom is 0.249 e. The van der Waals surface area contributed by atoms with E-state index in [1.165, 1.54) is 6.39 Å². The van der Waals surface area contributed by atoms with Crippen LogP contribution in [-0.2, 0) is 16.0 Å². The molecule has 1 N–H and O–H groups in total. The number of rotatable bonds is 8. The summed E-state index contributed by atoms with van der Waals surface area (Å²) in [5.41, 5.74) is 1.08. The lowest BCUT2D eigenvalue weighted by Gasteiger charge is -2.19. The standard InChI is InChI=1S/C17H23N3O3/c1-12(2)10-22-13(3)17(21)19-15(16-18-11-23-20-16)9-14-7-5-4-6-8-14/h4-8,11-13,15H,9-10H2,1-3H3,(H,19,21)/t13-,15-/m1/s1. The van der Waals surface area contributed by atoms with Gasteiger partial charge in [0.15, 0.2) is 5.82 Å². The molecule has 1 amide bonds. The van der Waals surface area contributed by atoms with Crippen LogP contribution in [0.2, 0.25) is 0 Å². The van der Waals surface area contributed by atoms with Gasteiger partial charge in [0.1, 0.15) is 6.10 Å². The van der Waals surface area contributed by atoms with Gasteiger partial charge in [0.05, 0.1) is 6.04 Å². The molecule has 0 aliphatic rings. The number of ether oxygens (including phenoxy) is 1. The normalized spacial score (nSPS) is 13.7. The van der Waals surface area contributed by atoms with Crippen LogP contribution >= 0.6 is 0 Å². The average molecular weight is 317 g/mol. The first-order chi connectivity index (χ1) is 11.1. The summed E-state index contributed by atoms with van der Waals surface area (Å²) in [6.07, 6.45) is 1.32. The molecular weight excluding hydrogens is 294 g/mol. The summed E-state index contributed by atoms with van der Waals surface area (Å²) in [6, 6.07) is 9.51. The predicted octanol–water partition coefficient (Wildman–Crippen LogP) is 2.53. The van der Waals surface area contributed by atoms with Crippen LogP contribution in [0, 0.1) is 5.92 Å². The molecule has 0 radical (unpaired) electrons. The zero-order valence-corrected chi connectivity index (χ0v) is 13.7. The quantitative estimate of drug-likeness (QED) is 0.809. The third-order valence-electron chi connectivity index (χ3n) is 3.34. The molecule has 6 nitrogen and oxygen atoms in total. The van der Waals surface area contributed by atoms with Crippen molar-refractivity contribution in [3.05, 3.63) is 48.1 Å². The zero-order valence-electron chi connectivity index (χ0n) is 13.7. The van der Waals surface area contributed by atoms with Crippen LogP contribution in [0.4, 0.5) is 0 Å². The Morgan fingerprint density at radius 2 is 2.00 bits per heavy atom. The van der Waals surface area contributed by atoms with Gasteiger partial charge < -0.3 is 14.6 Å². The third kappa shape index (κ3) is 5.49. The molecule has 0 spiro atoms. The van der Waals surface area contributed by atoms with Crippen LogP contribution in [0.25, 0.3) is 0 Å². The molecular formula is C17H23N3O3. The van der Waals surface area contributed by atoms with Gasteiger partial charge in [-0.05, 0) is 18.4 Å². The molecule has 23 heavy (non-hydrogen) atoms. The number of carbonyl (C=O) groups excluding carboxylic acids is 1. The molecule has 124 valence electrons. The Hall–Kier alpha value is -2.21. The van der Waals surface area contributed by atoms with E-state index in [0.717, 1.165) is 5.56 Å². The number of nitrogens with zero attached hydrogens (tertiary/aromatic N) is 2. The molecule has 0 aliphatic heterocycles. The van der Waals surface area contributed by atoms with E-state index in [1.807, 2.05) is 44.2 Å². The van der Waals surface area contributed by atoms with Crippen LogP contribution in [0.3, 0.4) is 0 Å². The van der Waals surface area contributed by atoms with Crippen molar-refractivity contribution in [2.45, 2.75) is 39.3 Å². The van der Waals surface area contributed by atoms with E-state index < -0.39 is 6.10 Å². The highest BCUT2D eigenvalue weighted by Crippen LogP contribution is 2.15. The number of amides is 1. The summed E-state index contributed by atoms with van der Waals surface area (Å²) < 4.78 is 10.4. The fourth-order valence-electron chi connectivity index (χ4n) is 2.09. The molecule has 0 aliphatic carbocycles. The second kappa shape index (κ2) is 8.43. The van der Waals surface area contributed by atoms with E-state index in [4.69, 9.17) is 9.26 Å². The molecule has 1 aromatic carbocycles. The van der Waals surface area contributed by atoms with Crippen molar-refractivity contribution < 1.29 is 14.1 Å². The fraction of sp³-hybridized carbons (Fsp3) is 0.471. The van der Waals surface area contributed by atoms with Gasteiger partial charge in [-0.1, -0.05) is 49.3 Å². The summed E-state index contributed by atoms with van der Waals surface area (Å²) in [5, 5.41) is 6.80. The lowest BCUT2D eigenvalue weighted by atomic mass is 10.1. The topological polar surface area (TPSA) is 77.2 Å². The number of hydrogen-bond acceptors (Lipinski definition) is 5. The van der Waals surface area contributed by atoms with Crippen LogP contribution in [-0.4, -0.2) is 28.8 Å². The van der Waals surface area contributed by atoms with Gasteiger partial charge in [0.25, 0.3) is 0 Å². The molecule has 0 unspecified atom stereocenters. The first-order valence-corrected chi connectivity index (χ1v) is 7.78. The van der Waals surface area contributed by atoms with Crippen molar-refractivity contribution in [2.24, 2.45) is 5.92 Å². The number of hydrogen-bond donors (Lipinski definition) is 1. The van der Waals surface area contributed by atoms with E-state index in [0.29, 0.717) is 24.8 Å². The number of benzene rings is 1. The van der Waals surface area contributed by atoms with Crippen LogP contribution in [0.1, 0.15) is 38.2 Å². The fourth-order valence-corrected chi connectivity index (χ4v) is 2.09. The molecule has 1 heterocycles. The Morgan fingerprint density at radius 3 is 2.61 bits per heavy atom. The van der Waals surface area contributed by atoms with Crippen LogP contribution in [0.5, 0.6) is 0 Å². The van der Waals surface area contributed by atoms with Crippen molar-refractivity contribution >= 4 is 5.91 Å². The molecule has 0 saturated heterocycles. The molecule has 0 bridgehead atoms. The van der Waals surface area contributed by atoms with Gasteiger partial charge in [0.2, 0.25) is 12.3 Å². The molecule has 1 aromatic heterocycles. The molecule has 2 atom stereocenters. The smallest absolute Gasteiger partial charge is 0.249 e. The SMILES string of the molecule is CC(C)CO[C@H](C)C(=O)N[C@H](Cc1ccccc1)c1ncon1. The highest BCUT2D eigenvalue weighted by Gasteiger charge is 2.23. The minimum atomic E-state index is -0.525. The highest BCUT2D eigenvalue weighted by molar-refractivity contribution is 5.80. The monoisotopic (exact) mass is 317 g/mol. The van der Waals surface area contributed by atoms with Gasteiger partial charge in [-0.3, -0.25) is 4.79 Å². The summed E-state index contributed by atoms with van der Waals surface area (Å²) in [6.45, 7) is 6.37. The van der Waals surface area contributed by atoms with Gasteiger partial charge in [0, 0.05) is 13.0 Å². The predicted molar refractivity (Wildman–Crippen MR) is 85.6 cm³/mol. The number of aromatic nitrogens is 2. The Morgan fingerprint density at radius 1 is 1.26 bits per heavy atom. The lowest BCUT2D eigenvalue weighted by molar-refractivity contribution is -0.133. The highest BCUT2D eigenvalue weighted by atomic mass is 16.5. The zero-order chi connectivity index (χ0) is 16.7. The molecule has 0 saturated carbocycles. The first-order valence-electron chi connectivity index (χ1n) is 7.78. The summed E-state index contributed by atoms with van der Waals surface area (Å²) in [4.78, 5) is 16.4.